The van der Waals surface area contributed by atoms with Crippen molar-refractivity contribution in [2.45, 2.75) is 26.2 Å². The molecule has 5 nitrogen and oxygen atoms in total. The summed E-state index contributed by atoms with van der Waals surface area (Å²) >= 11 is 1.77. The van der Waals surface area contributed by atoms with E-state index >= 15 is 0 Å². The van der Waals surface area contributed by atoms with Gasteiger partial charge < -0.3 is 15.1 Å². The molecule has 1 aliphatic rings. The summed E-state index contributed by atoms with van der Waals surface area (Å²) < 4.78 is 1.26. The van der Waals surface area contributed by atoms with E-state index in [-0.39, 0.29) is 11.8 Å². The molecule has 1 saturated heterocycles. The number of fused-ring (bicyclic) bond motifs is 1. The van der Waals surface area contributed by atoms with Gasteiger partial charge in [0.2, 0.25) is 5.91 Å². The number of carbonyl (C=O) groups is 1. The number of nitrogens with one attached hydrogen (secondary N) is 1. The van der Waals surface area contributed by atoms with E-state index in [0.29, 0.717) is 0 Å². The quantitative estimate of drug-likeness (QED) is 0.861. The molecule has 0 unspecified atom stereocenters. The zero-order valence-corrected chi connectivity index (χ0v) is 16.2. The summed E-state index contributed by atoms with van der Waals surface area (Å²) in [6.45, 7) is 5.61. The second-order valence-electron chi connectivity index (χ2n) is 7.01. The van der Waals surface area contributed by atoms with Crippen LogP contribution in [0.1, 0.15) is 25.3 Å². The summed E-state index contributed by atoms with van der Waals surface area (Å²) in [4.78, 5) is 21.5. The van der Waals surface area contributed by atoms with Gasteiger partial charge in [0.25, 0.3) is 0 Å². The van der Waals surface area contributed by atoms with Crippen LogP contribution >= 0.6 is 11.3 Å². The molecule has 1 amide bonds. The lowest BCUT2D eigenvalue weighted by atomic mass is 9.96. The average molecular weight is 361 g/mol. The standard InChI is InChI=1S/C19H28N4OS/c1-4-14-5-6-16-17(13-14)25-19(21-16)23-10-7-15(8-11-23)18(24)20-9-12-22(2)3/h5-6,13,15H,4,7-12H2,1-3H3,(H,20,24). The lowest BCUT2D eigenvalue weighted by Gasteiger charge is -2.31. The van der Waals surface area contributed by atoms with E-state index in [1.165, 1.54) is 10.3 Å². The van der Waals surface area contributed by atoms with Crippen molar-refractivity contribution in [3.63, 3.8) is 0 Å². The maximum atomic E-state index is 12.3. The molecule has 1 aromatic heterocycles. The number of hydrogen-bond donors (Lipinski definition) is 1. The minimum absolute atomic E-state index is 0.138. The molecule has 1 N–H and O–H groups in total. The van der Waals surface area contributed by atoms with Crippen LogP contribution in [0.4, 0.5) is 5.13 Å². The van der Waals surface area contributed by atoms with Crippen molar-refractivity contribution in [1.82, 2.24) is 15.2 Å². The van der Waals surface area contributed by atoms with Crippen LogP contribution in [0, 0.1) is 5.92 Å². The van der Waals surface area contributed by atoms with Gasteiger partial charge in [0.15, 0.2) is 5.13 Å². The fourth-order valence-electron chi connectivity index (χ4n) is 3.19. The summed E-state index contributed by atoms with van der Waals surface area (Å²) in [7, 11) is 4.04. The molecule has 1 aromatic carbocycles. The third-order valence-electron chi connectivity index (χ3n) is 4.84. The van der Waals surface area contributed by atoms with Crippen molar-refractivity contribution in [3.05, 3.63) is 23.8 Å². The van der Waals surface area contributed by atoms with Gasteiger partial charge in [0.05, 0.1) is 10.2 Å². The lowest BCUT2D eigenvalue weighted by Crippen LogP contribution is -2.42. The third kappa shape index (κ3) is 4.50. The second kappa shape index (κ2) is 8.15. The Bertz CT molecular complexity index is 719. The SMILES string of the molecule is CCc1ccc2nc(N3CCC(C(=O)NCCN(C)C)CC3)sc2c1. The highest BCUT2D eigenvalue weighted by molar-refractivity contribution is 7.22. The Labute approximate surface area is 154 Å². The van der Waals surface area contributed by atoms with Gasteiger partial charge in [-0.05, 0) is 51.1 Å². The Morgan fingerprint density at radius 3 is 2.80 bits per heavy atom. The van der Waals surface area contributed by atoms with Gasteiger partial charge in [0, 0.05) is 32.1 Å². The van der Waals surface area contributed by atoms with E-state index in [4.69, 9.17) is 4.98 Å². The number of aromatic nitrogens is 1. The molecule has 0 saturated carbocycles. The van der Waals surface area contributed by atoms with Crippen LogP contribution in [0.3, 0.4) is 0 Å². The van der Waals surface area contributed by atoms with Crippen LogP contribution in [0.25, 0.3) is 10.2 Å². The fourth-order valence-corrected chi connectivity index (χ4v) is 4.27. The van der Waals surface area contributed by atoms with Crippen molar-refractivity contribution >= 4 is 32.6 Å². The Hall–Kier alpha value is -1.66. The highest BCUT2D eigenvalue weighted by Gasteiger charge is 2.26. The van der Waals surface area contributed by atoms with Crippen LogP contribution in [-0.4, -0.2) is 56.1 Å². The third-order valence-corrected chi connectivity index (χ3v) is 5.92. The number of anilines is 1. The molecule has 2 aromatic rings. The number of thiazole rings is 1. The number of carbonyl (C=O) groups excluding carboxylic acids is 1. The summed E-state index contributed by atoms with van der Waals surface area (Å²) in [5.41, 5.74) is 2.44. The monoisotopic (exact) mass is 360 g/mol. The number of aryl methyl sites for hydroxylation is 1. The summed E-state index contributed by atoms with van der Waals surface area (Å²) in [5, 5.41) is 4.15. The largest absolute Gasteiger partial charge is 0.355 e. The molecule has 1 aliphatic heterocycles. The van der Waals surface area contributed by atoms with Gasteiger partial charge >= 0.3 is 0 Å². The predicted molar refractivity (Wildman–Crippen MR) is 105 cm³/mol. The molecule has 2 heterocycles. The molecule has 25 heavy (non-hydrogen) atoms. The number of hydrogen-bond acceptors (Lipinski definition) is 5. The topological polar surface area (TPSA) is 48.5 Å². The van der Waals surface area contributed by atoms with Crippen molar-refractivity contribution in [3.8, 4) is 0 Å². The zero-order chi connectivity index (χ0) is 17.8. The Morgan fingerprint density at radius 1 is 1.36 bits per heavy atom. The molecule has 0 bridgehead atoms. The van der Waals surface area contributed by atoms with E-state index in [9.17, 15) is 4.79 Å². The highest BCUT2D eigenvalue weighted by atomic mass is 32.1. The van der Waals surface area contributed by atoms with E-state index in [1.54, 1.807) is 11.3 Å². The molecule has 3 rings (SSSR count). The molecule has 0 atom stereocenters. The van der Waals surface area contributed by atoms with E-state index in [1.807, 2.05) is 14.1 Å². The van der Waals surface area contributed by atoms with Gasteiger partial charge in [-0.25, -0.2) is 4.98 Å². The first-order valence-corrected chi connectivity index (χ1v) is 9.95. The normalized spacial score (nSPS) is 15.9. The predicted octanol–water partition coefficient (Wildman–Crippen LogP) is 2.75. The number of benzene rings is 1. The van der Waals surface area contributed by atoms with Crippen molar-refractivity contribution in [1.29, 1.82) is 0 Å². The number of rotatable bonds is 6. The molecule has 6 heteroatoms. The molecule has 1 fully saturated rings. The molecule has 0 radical (unpaired) electrons. The molecular formula is C19H28N4OS. The molecular weight excluding hydrogens is 332 g/mol. The van der Waals surface area contributed by atoms with Gasteiger partial charge in [-0.1, -0.05) is 24.3 Å². The Kier molecular flexibility index (Phi) is 5.91. The van der Waals surface area contributed by atoms with Crippen molar-refractivity contribution in [2.24, 2.45) is 5.92 Å². The van der Waals surface area contributed by atoms with E-state index < -0.39 is 0 Å². The van der Waals surface area contributed by atoms with Gasteiger partial charge in [-0.15, -0.1) is 0 Å². The van der Waals surface area contributed by atoms with Crippen LogP contribution in [0.15, 0.2) is 18.2 Å². The van der Waals surface area contributed by atoms with Crippen LogP contribution in [0.5, 0.6) is 0 Å². The summed E-state index contributed by atoms with van der Waals surface area (Å²) in [6, 6.07) is 6.54. The first-order valence-electron chi connectivity index (χ1n) is 9.13. The highest BCUT2D eigenvalue weighted by Crippen LogP contribution is 2.32. The minimum atomic E-state index is 0.138. The molecule has 0 aliphatic carbocycles. The average Bonchev–Trinajstić information content (AvgIpc) is 3.04. The second-order valence-corrected chi connectivity index (χ2v) is 8.02. The summed E-state index contributed by atoms with van der Waals surface area (Å²) in [6.07, 6.45) is 2.87. The maximum absolute atomic E-state index is 12.3. The smallest absolute Gasteiger partial charge is 0.223 e. The van der Waals surface area contributed by atoms with Gasteiger partial charge in [0.1, 0.15) is 0 Å². The van der Waals surface area contributed by atoms with Crippen molar-refractivity contribution < 1.29 is 4.79 Å². The van der Waals surface area contributed by atoms with Crippen LogP contribution in [-0.2, 0) is 11.2 Å². The Balaban J connectivity index is 1.56. The molecule has 0 spiro atoms. The van der Waals surface area contributed by atoms with Gasteiger partial charge in [-0.2, -0.15) is 0 Å². The van der Waals surface area contributed by atoms with Crippen molar-refractivity contribution in [2.75, 3.05) is 45.2 Å². The fraction of sp³-hybridized carbons (Fsp3) is 0.579. The summed E-state index contributed by atoms with van der Waals surface area (Å²) in [5.74, 6) is 0.345. The number of amides is 1. The number of nitrogens with zero attached hydrogens (tertiary/aromatic N) is 3. The lowest BCUT2D eigenvalue weighted by molar-refractivity contribution is -0.125. The zero-order valence-electron chi connectivity index (χ0n) is 15.4. The van der Waals surface area contributed by atoms with E-state index in [0.717, 1.165) is 56.1 Å². The first-order chi connectivity index (χ1) is 12.1. The van der Waals surface area contributed by atoms with E-state index in [2.05, 4.69) is 40.2 Å². The Morgan fingerprint density at radius 2 is 2.12 bits per heavy atom. The first kappa shape index (κ1) is 18.1. The minimum Gasteiger partial charge on any atom is -0.355 e. The van der Waals surface area contributed by atoms with Crippen LogP contribution in [0.2, 0.25) is 0 Å². The van der Waals surface area contributed by atoms with Crippen LogP contribution < -0.4 is 10.2 Å². The number of piperidine rings is 1. The maximum Gasteiger partial charge on any atom is 0.223 e. The van der Waals surface area contributed by atoms with Gasteiger partial charge in [-0.3, -0.25) is 4.79 Å². The number of likely N-dealkylation sites (N-methyl/N-ethyl adjacent to an activating group) is 1. The molecule has 136 valence electrons.